The van der Waals surface area contributed by atoms with Crippen molar-refractivity contribution in [3.63, 3.8) is 0 Å². The van der Waals surface area contributed by atoms with Gasteiger partial charge in [0.1, 0.15) is 5.82 Å². The molecular formula is C20H23N3. The summed E-state index contributed by atoms with van der Waals surface area (Å²) in [7, 11) is 0. The van der Waals surface area contributed by atoms with Crippen molar-refractivity contribution in [2.45, 2.75) is 32.9 Å². The van der Waals surface area contributed by atoms with E-state index in [1.54, 1.807) is 0 Å². The molecule has 0 fully saturated rings. The normalized spacial score (nSPS) is 11.3. The molecule has 23 heavy (non-hydrogen) atoms. The molecule has 0 unspecified atom stereocenters. The van der Waals surface area contributed by atoms with Gasteiger partial charge in [-0.15, -0.1) is 0 Å². The topological polar surface area (TPSA) is 50.9 Å². The van der Waals surface area contributed by atoms with Gasteiger partial charge in [-0.3, -0.25) is 0 Å². The largest absolute Gasteiger partial charge is 0.384 e. The smallest absolute Gasteiger partial charge is 0.124 e. The fraction of sp³-hybridized carbons (Fsp3) is 0.250. The molecule has 3 heteroatoms. The summed E-state index contributed by atoms with van der Waals surface area (Å²) in [5.41, 5.74) is 10.7. The van der Waals surface area contributed by atoms with E-state index in [0.717, 1.165) is 18.5 Å². The molecule has 0 amide bonds. The first kappa shape index (κ1) is 15.5. The first-order valence-electron chi connectivity index (χ1n) is 8.07. The minimum atomic E-state index is 0.501. The van der Waals surface area contributed by atoms with Crippen LogP contribution in [0, 0.1) is 0 Å². The van der Waals surface area contributed by atoms with Crippen molar-refractivity contribution in [2.75, 3.05) is 5.73 Å². The summed E-state index contributed by atoms with van der Waals surface area (Å²) >= 11 is 0. The highest BCUT2D eigenvalue weighted by molar-refractivity contribution is 5.84. The first-order valence-corrected chi connectivity index (χ1v) is 8.07. The number of benzene rings is 2. The van der Waals surface area contributed by atoms with E-state index in [9.17, 15) is 0 Å². The maximum Gasteiger partial charge on any atom is 0.124 e. The van der Waals surface area contributed by atoms with Gasteiger partial charge in [-0.25, -0.2) is 4.98 Å². The van der Waals surface area contributed by atoms with Crippen LogP contribution in [0.15, 0.2) is 54.6 Å². The number of nitrogen functional groups attached to an aromatic ring is 1. The predicted octanol–water partition coefficient (Wildman–Crippen LogP) is 3.91. The molecule has 0 saturated carbocycles. The molecule has 3 N–H and O–H groups in total. The fourth-order valence-corrected chi connectivity index (χ4v) is 2.73. The molecule has 0 aliphatic carbocycles. The van der Waals surface area contributed by atoms with E-state index in [1.807, 2.05) is 24.3 Å². The fourth-order valence-electron chi connectivity index (χ4n) is 2.73. The van der Waals surface area contributed by atoms with Gasteiger partial charge < -0.3 is 11.1 Å². The number of para-hydroxylation sites is 1. The second kappa shape index (κ2) is 6.80. The molecule has 0 atom stereocenters. The second-order valence-corrected chi connectivity index (χ2v) is 6.25. The number of nitrogens with one attached hydrogen (secondary N) is 1. The van der Waals surface area contributed by atoms with Gasteiger partial charge >= 0.3 is 0 Å². The molecule has 0 aliphatic rings. The molecule has 0 bridgehead atoms. The SMILES string of the molecule is CC(C)NCc1ccc(Cc2cc(N)nc3ccccc23)cc1. The van der Waals surface area contributed by atoms with Gasteiger partial charge in [0.2, 0.25) is 0 Å². The van der Waals surface area contributed by atoms with Crippen LogP contribution in [0.4, 0.5) is 5.82 Å². The Morgan fingerprint density at radius 2 is 1.70 bits per heavy atom. The van der Waals surface area contributed by atoms with Gasteiger partial charge in [0, 0.05) is 18.0 Å². The maximum absolute atomic E-state index is 5.95. The molecule has 3 aromatic rings. The van der Waals surface area contributed by atoms with Crippen LogP contribution in [0.5, 0.6) is 0 Å². The highest BCUT2D eigenvalue weighted by atomic mass is 14.9. The number of nitrogens with two attached hydrogens (primary N) is 1. The van der Waals surface area contributed by atoms with Crippen LogP contribution in [-0.4, -0.2) is 11.0 Å². The monoisotopic (exact) mass is 305 g/mol. The molecule has 3 rings (SSSR count). The average Bonchev–Trinajstić information content (AvgIpc) is 2.54. The highest BCUT2D eigenvalue weighted by Gasteiger charge is 2.05. The van der Waals surface area contributed by atoms with Crippen molar-refractivity contribution in [1.82, 2.24) is 10.3 Å². The third-order valence-corrected chi connectivity index (χ3v) is 3.95. The number of pyridine rings is 1. The number of aromatic nitrogens is 1. The highest BCUT2D eigenvalue weighted by Crippen LogP contribution is 2.22. The van der Waals surface area contributed by atoms with Crippen LogP contribution in [0.2, 0.25) is 0 Å². The summed E-state index contributed by atoms with van der Waals surface area (Å²) in [6.07, 6.45) is 0.866. The zero-order chi connectivity index (χ0) is 16.2. The zero-order valence-electron chi connectivity index (χ0n) is 13.7. The third-order valence-electron chi connectivity index (χ3n) is 3.95. The lowest BCUT2D eigenvalue weighted by molar-refractivity contribution is 0.589. The van der Waals surface area contributed by atoms with Crippen molar-refractivity contribution in [3.05, 3.63) is 71.3 Å². The minimum absolute atomic E-state index is 0.501. The Kier molecular flexibility index (Phi) is 4.58. The van der Waals surface area contributed by atoms with Crippen molar-refractivity contribution < 1.29 is 0 Å². The number of hydrogen-bond donors (Lipinski definition) is 2. The lowest BCUT2D eigenvalue weighted by atomic mass is 10.00. The van der Waals surface area contributed by atoms with Gasteiger partial charge in [-0.05, 0) is 35.2 Å². The summed E-state index contributed by atoms with van der Waals surface area (Å²) in [4.78, 5) is 4.40. The summed E-state index contributed by atoms with van der Waals surface area (Å²) in [6.45, 7) is 5.23. The van der Waals surface area contributed by atoms with Crippen molar-refractivity contribution in [2.24, 2.45) is 0 Å². The van der Waals surface area contributed by atoms with Crippen LogP contribution in [-0.2, 0) is 13.0 Å². The van der Waals surface area contributed by atoms with Gasteiger partial charge in [0.05, 0.1) is 5.52 Å². The number of hydrogen-bond acceptors (Lipinski definition) is 3. The molecule has 1 heterocycles. The molecule has 118 valence electrons. The summed E-state index contributed by atoms with van der Waals surface area (Å²) < 4.78 is 0. The molecule has 0 saturated heterocycles. The Morgan fingerprint density at radius 1 is 1.00 bits per heavy atom. The molecule has 0 aliphatic heterocycles. The standard InChI is InChI=1S/C20H23N3/c1-14(2)22-13-16-9-7-15(8-10-16)11-17-12-20(21)23-19-6-4-3-5-18(17)19/h3-10,12,14,22H,11,13H2,1-2H3,(H2,21,23). The number of fused-ring (bicyclic) bond motifs is 1. The van der Waals surface area contributed by atoms with Crippen LogP contribution < -0.4 is 11.1 Å². The van der Waals surface area contributed by atoms with Crippen LogP contribution in [0.3, 0.4) is 0 Å². The predicted molar refractivity (Wildman–Crippen MR) is 97.4 cm³/mol. The van der Waals surface area contributed by atoms with Crippen molar-refractivity contribution in [1.29, 1.82) is 0 Å². The molecule has 3 nitrogen and oxygen atoms in total. The molecule has 0 radical (unpaired) electrons. The van der Waals surface area contributed by atoms with Gasteiger partial charge in [-0.1, -0.05) is 56.3 Å². The van der Waals surface area contributed by atoms with Crippen LogP contribution >= 0.6 is 0 Å². The average molecular weight is 305 g/mol. The van der Waals surface area contributed by atoms with E-state index in [2.05, 4.69) is 54.5 Å². The van der Waals surface area contributed by atoms with Gasteiger partial charge in [0.15, 0.2) is 0 Å². The van der Waals surface area contributed by atoms with Crippen molar-refractivity contribution >= 4 is 16.7 Å². The Hall–Kier alpha value is -2.39. The Labute approximate surface area is 137 Å². The first-order chi connectivity index (χ1) is 11.1. The van der Waals surface area contributed by atoms with E-state index in [-0.39, 0.29) is 0 Å². The van der Waals surface area contributed by atoms with Crippen LogP contribution in [0.25, 0.3) is 10.9 Å². The lowest BCUT2D eigenvalue weighted by Crippen LogP contribution is -2.21. The summed E-state index contributed by atoms with van der Waals surface area (Å²) in [5.74, 6) is 0.580. The van der Waals surface area contributed by atoms with Crippen molar-refractivity contribution in [3.8, 4) is 0 Å². The molecule has 1 aromatic heterocycles. The van der Waals surface area contributed by atoms with E-state index in [0.29, 0.717) is 11.9 Å². The van der Waals surface area contributed by atoms with Gasteiger partial charge in [-0.2, -0.15) is 0 Å². The molecule has 0 spiro atoms. The number of anilines is 1. The number of rotatable bonds is 5. The summed E-state index contributed by atoms with van der Waals surface area (Å²) in [5, 5.41) is 4.61. The molecule has 2 aromatic carbocycles. The third kappa shape index (κ3) is 3.88. The van der Waals surface area contributed by atoms with E-state index < -0.39 is 0 Å². The maximum atomic E-state index is 5.95. The Morgan fingerprint density at radius 3 is 2.43 bits per heavy atom. The number of nitrogens with zero attached hydrogens (tertiary/aromatic N) is 1. The lowest BCUT2D eigenvalue weighted by Gasteiger charge is -2.10. The van der Waals surface area contributed by atoms with E-state index >= 15 is 0 Å². The Bertz CT molecular complexity index is 792. The van der Waals surface area contributed by atoms with E-state index in [4.69, 9.17) is 5.73 Å². The quantitative estimate of drug-likeness (QED) is 0.751. The molecular weight excluding hydrogens is 282 g/mol. The van der Waals surface area contributed by atoms with E-state index in [1.165, 1.54) is 22.1 Å². The van der Waals surface area contributed by atoms with Crippen LogP contribution in [0.1, 0.15) is 30.5 Å². The Balaban J connectivity index is 1.82. The zero-order valence-corrected chi connectivity index (χ0v) is 13.7. The second-order valence-electron chi connectivity index (χ2n) is 6.25. The minimum Gasteiger partial charge on any atom is -0.384 e. The van der Waals surface area contributed by atoms with Gasteiger partial charge in [0.25, 0.3) is 0 Å². The summed E-state index contributed by atoms with van der Waals surface area (Å²) in [6, 6.07) is 19.4.